The number of sulfonamides is 2. The molecule has 0 aromatic rings. The highest BCUT2D eigenvalue weighted by Gasteiger charge is 2.80. The van der Waals surface area contributed by atoms with Crippen molar-refractivity contribution in [2.45, 2.75) is 49.5 Å². The van der Waals surface area contributed by atoms with Crippen LogP contribution < -0.4 is 0 Å². The van der Waals surface area contributed by atoms with Gasteiger partial charge in [0.05, 0.1) is 5.75 Å². The number of fused-ring (bicyclic) bond motifs is 2. The second-order valence-electron chi connectivity index (χ2n) is 9.79. The van der Waals surface area contributed by atoms with Crippen LogP contribution in [0.3, 0.4) is 0 Å². The first-order chi connectivity index (χ1) is 15.9. The first-order valence-electron chi connectivity index (χ1n) is 10.5. The minimum absolute atomic E-state index is 0.0258. The van der Waals surface area contributed by atoms with Crippen molar-refractivity contribution in [1.29, 1.82) is 0 Å². The van der Waals surface area contributed by atoms with Crippen LogP contribution in [0.25, 0.3) is 0 Å². The van der Waals surface area contributed by atoms with E-state index in [0.717, 1.165) is 0 Å². The van der Waals surface area contributed by atoms with Gasteiger partial charge in [-0.1, -0.05) is 13.8 Å². The number of hydrogen-bond acceptors (Lipinski definition) is 8. The van der Waals surface area contributed by atoms with E-state index in [4.69, 9.17) is 0 Å². The summed E-state index contributed by atoms with van der Waals surface area (Å²) >= 11 is 0. The molecule has 1 heterocycles. The second-order valence-corrected chi connectivity index (χ2v) is 15.2. The van der Waals surface area contributed by atoms with E-state index in [1.807, 2.05) is 0 Å². The van der Waals surface area contributed by atoms with Crippen LogP contribution in [0, 0.1) is 16.7 Å². The lowest BCUT2D eigenvalue weighted by Crippen LogP contribution is -2.64. The Morgan fingerprint density at radius 1 is 0.889 bits per heavy atom. The second kappa shape index (κ2) is 8.24. The van der Waals surface area contributed by atoms with Crippen molar-refractivity contribution in [3.05, 3.63) is 0 Å². The van der Waals surface area contributed by atoms with Gasteiger partial charge in [-0.2, -0.15) is 35.0 Å². The summed E-state index contributed by atoms with van der Waals surface area (Å²) in [6.45, 7) is -0.446. The Bertz CT molecular complexity index is 1260. The summed E-state index contributed by atoms with van der Waals surface area (Å²) < 4.78 is 165. The van der Waals surface area contributed by atoms with Crippen molar-refractivity contribution in [3.8, 4) is 0 Å². The number of halogens is 6. The van der Waals surface area contributed by atoms with Crippen LogP contribution in [0.4, 0.5) is 26.3 Å². The zero-order valence-corrected chi connectivity index (χ0v) is 21.3. The molecule has 0 radical (unpaired) electrons. The average Bonchev–Trinajstić information content (AvgIpc) is 3.06. The van der Waals surface area contributed by atoms with Crippen molar-refractivity contribution in [3.63, 3.8) is 0 Å². The van der Waals surface area contributed by atoms with Crippen LogP contribution in [0.5, 0.6) is 0 Å². The number of nitrogens with zero attached hydrogens (tertiary/aromatic N) is 2. The summed E-state index contributed by atoms with van der Waals surface area (Å²) in [6.07, 6.45) is 1.12. The molecule has 2 bridgehead atoms. The van der Waals surface area contributed by atoms with Gasteiger partial charge in [-0.05, 0) is 24.2 Å². The zero-order valence-electron chi connectivity index (χ0n) is 18.9. The maximum atomic E-state index is 14.2. The lowest BCUT2D eigenvalue weighted by molar-refractivity contribution is -0.247. The van der Waals surface area contributed by atoms with Gasteiger partial charge in [0.15, 0.2) is 10.1 Å². The quantitative estimate of drug-likeness (QED) is 0.299. The molecule has 210 valence electrons. The van der Waals surface area contributed by atoms with Gasteiger partial charge in [0.1, 0.15) is 5.78 Å². The normalized spacial score (nSPS) is 29.1. The fourth-order valence-electron chi connectivity index (χ4n) is 5.35. The number of hydrogen-bond donors (Lipinski definition) is 0. The van der Waals surface area contributed by atoms with Gasteiger partial charge in [0.25, 0.3) is 10.0 Å². The first-order valence-corrected chi connectivity index (χ1v) is 15.0. The van der Waals surface area contributed by atoms with Crippen LogP contribution in [0.2, 0.25) is 0 Å². The first kappa shape index (κ1) is 29.5. The zero-order chi connectivity index (χ0) is 28.0. The molecule has 19 heteroatoms. The Morgan fingerprint density at radius 3 is 1.75 bits per heavy atom. The number of rotatable bonds is 8. The molecule has 0 spiro atoms. The van der Waals surface area contributed by atoms with Crippen LogP contribution in [0.1, 0.15) is 33.1 Å². The SMILES string of the molecule is CC1(C)C2CCC1(CS(=O)(=O)N1CCN(S(=O)(=O)C(F)(F)C(F)(F)C(F)(F)S(=O)(=O)[O-])CC1)C(=O)C2. The average molecular weight is 594 g/mol. The predicted molar refractivity (Wildman–Crippen MR) is 109 cm³/mol. The minimum atomic E-state index is -7.40. The number of ketones is 1. The molecular weight excluding hydrogens is 570 g/mol. The minimum Gasteiger partial charge on any atom is -0.743 e. The van der Waals surface area contributed by atoms with Gasteiger partial charge in [0.2, 0.25) is 10.0 Å². The molecule has 2 aliphatic carbocycles. The van der Waals surface area contributed by atoms with E-state index in [-0.39, 0.29) is 22.4 Å². The Balaban J connectivity index is 1.80. The number of alkyl halides is 6. The van der Waals surface area contributed by atoms with E-state index in [1.54, 1.807) is 13.8 Å². The molecule has 0 aromatic carbocycles. The van der Waals surface area contributed by atoms with Crippen LogP contribution in [-0.4, -0.2) is 92.6 Å². The fraction of sp³-hybridized carbons (Fsp3) is 0.941. The van der Waals surface area contributed by atoms with E-state index in [0.29, 0.717) is 17.1 Å². The Kier molecular flexibility index (Phi) is 6.76. The highest BCUT2D eigenvalue weighted by Crippen LogP contribution is 2.64. The number of carbonyl (C=O) groups excluding carboxylic acids is 1. The lowest BCUT2D eigenvalue weighted by Gasteiger charge is -2.40. The van der Waals surface area contributed by atoms with E-state index in [2.05, 4.69) is 0 Å². The Morgan fingerprint density at radius 2 is 1.36 bits per heavy atom. The van der Waals surface area contributed by atoms with Crippen LogP contribution >= 0.6 is 0 Å². The molecule has 2 unspecified atom stereocenters. The topological polar surface area (TPSA) is 149 Å². The summed E-state index contributed by atoms with van der Waals surface area (Å²) in [5, 5.41) is -13.7. The monoisotopic (exact) mass is 593 g/mol. The smallest absolute Gasteiger partial charge is 0.428 e. The molecule has 0 amide bonds. The van der Waals surface area contributed by atoms with Crippen LogP contribution in [0.15, 0.2) is 0 Å². The fourth-order valence-corrected chi connectivity index (χ4v) is 9.48. The van der Waals surface area contributed by atoms with Gasteiger partial charge >= 0.3 is 16.4 Å². The molecule has 2 saturated carbocycles. The molecule has 0 N–H and O–H groups in total. The maximum absolute atomic E-state index is 14.2. The van der Waals surface area contributed by atoms with Crippen molar-refractivity contribution in [1.82, 2.24) is 8.61 Å². The Labute approximate surface area is 203 Å². The van der Waals surface area contributed by atoms with E-state index in [1.165, 1.54) is 0 Å². The lowest BCUT2D eigenvalue weighted by atomic mass is 9.70. The third kappa shape index (κ3) is 3.82. The number of carbonyl (C=O) groups is 1. The largest absolute Gasteiger partial charge is 0.743 e. The number of Topliss-reactive ketones (excluding diaryl/α,β-unsaturated/α-hetero) is 1. The summed E-state index contributed by atoms with van der Waals surface area (Å²) in [5.41, 5.74) is -1.85. The summed E-state index contributed by atoms with van der Waals surface area (Å²) in [6, 6.07) is 0. The predicted octanol–water partition coefficient (Wildman–Crippen LogP) is 1.03. The molecule has 1 saturated heterocycles. The van der Waals surface area contributed by atoms with Crippen molar-refractivity contribution in [2.24, 2.45) is 16.7 Å². The van der Waals surface area contributed by atoms with Crippen molar-refractivity contribution < 1.29 is 60.9 Å². The molecule has 3 fully saturated rings. The molecule has 0 aromatic heterocycles. The third-order valence-electron chi connectivity index (χ3n) is 7.87. The van der Waals surface area contributed by atoms with Gasteiger partial charge in [-0.15, -0.1) is 0 Å². The molecule has 3 aliphatic rings. The van der Waals surface area contributed by atoms with Crippen molar-refractivity contribution in [2.75, 3.05) is 31.9 Å². The van der Waals surface area contributed by atoms with E-state index in [9.17, 15) is 60.9 Å². The third-order valence-corrected chi connectivity index (χ3v) is 12.7. The molecule has 3 rings (SSSR count). The number of piperazine rings is 1. The highest BCUT2D eigenvalue weighted by atomic mass is 32.2. The molecule has 10 nitrogen and oxygen atoms in total. The van der Waals surface area contributed by atoms with Gasteiger partial charge in [0, 0.05) is 38.0 Å². The van der Waals surface area contributed by atoms with Crippen molar-refractivity contribution >= 4 is 35.9 Å². The standard InChI is InChI=1S/C17H24F6N2O8S3/c1-13(2)11-3-4-14(13,12(26)9-11)10-34(27,28)24-5-7-25(8-6-24)35(29,30)16(20,21)15(18,19)17(22,23)36(31,32)33/h11H,3-10H2,1-2H3,(H,31,32,33)/p-1. The molecule has 2 atom stereocenters. The maximum Gasteiger partial charge on any atom is 0.428 e. The van der Waals surface area contributed by atoms with Gasteiger partial charge < -0.3 is 4.55 Å². The highest BCUT2D eigenvalue weighted by molar-refractivity contribution is 7.90. The van der Waals surface area contributed by atoms with E-state index < -0.39 is 89.4 Å². The Hall–Kier alpha value is -1.02. The summed E-state index contributed by atoms with van der Waals surface area (Å²) in [7, 11) is -18.4. The van der Waals surface area contributed by atoms with E-state index >= 15 is 0 Å². The summed E-state index contributed by atoms with van der Waals surface area (Å²) in [4.78, 5) is 12.6. The van der Waals surface area contributed by atoms with Gasteiger partial charge in [-0.3, -0.25) is 4.79 Å². The molecular formula is C17H23F6N2O8S3-. The molecule has 36 heavy (non-hydrogen) atoms. The van der Waals surface area contributed by atoms with Gasteiger partial charge in [-0.25, -0.2) is 25.3 Å². The molecule has 1 aliphatic heterocycles. The van der Waals surface area contributed by atoms with Crippen LogP contribution in [-0.2, 0) is 35.0 Å². The summed E-state index contributed by atoms with van der Waals surface area (Å²) in [5.74, 6) is -8.04.